The van der Waals surface area contributed by atoms with E-state index in [0.717, 1.165) is 12.1 Å². The summed E-state index contributed by atoms with van der Waals surface area (Å²) in [6, 6.07) is 6.52. The van der Waals surface area contributed by atoms with Crippen LogP contribution in [0.1, 0.15) is 22.4 Å². The Morgan fingerprint density at radius 3 is 2.68 bits per heavy atom. The van der Waals surface area contributed by atoms with Crippen molar-refractivity contribution in [3.05, 3.63) is 63.1 Å². The van der Waals surface area contributed by atoms with E-state index >= 15 is 0 Å². The second kappa shape index (κ2) is 4.87. The topological polar surface area (TPSA) is 45.8 Å². The zero-order valence-electron chi connectivity index (χ0n) is 10.1. The lowest BCUT2D eigenvalue weighted by molar-refractivity contribution is -0.137. The summed E-state index contributed by atoms with van der Waals surface area (Å²) in [7, 11) is 0. The van der Waals surface area contributed by atoms with Gasteiger partial charge < -0.3 is 0 Å². The number of aryl methyl sites for hydroxylation is 1. The van der Waals surface area contributed by atoms with Crippen LogP contribution in [-0.4, -0.2) is 10.2 Å². The molecule has 19 heavy (non-hydrogen) atoms. The fourth-order valence-corrected chi connectivity index (χ4v) is 1.77. The zero-order chi connectivity index (χ0) is 14.0. The highest BCUT2D eigenvalue weighted by atomic mass is 19.4. The standard InChI is InChI=1S/C13H11F3N2O/c1-8-5-10(12(19)18-17-8)6-9-3-2-4-11(7-9)13(14,15)16/h2-5,7H,6H2,1H3,(H,18,19). The van der Waals surface area contributed by atoms with Gasteiger partial charge in [0.2, 0.25) is 0 Å². The van der Waals surface area contributed by atoms with Crippen LogP contribution >= 0.6 is 0 Å². The molecule has 0 saturated heterocycles. The zero-order valence-corrected chi connectivity index (χ0v) is 10.1. The third-order valence-electron chi connectivity index (χ3n) is 2.66. The summed E-state index contributed by atoms with van der Waals surface area (Å²) in [6.07, 6.45) is -4.24. The van der Waals surface area contributed by atoms with Crippen molar-refractivity contribution in [3.63, 3.8) is 0 Å². The van der Waals surface area contributed by atoms with Crippen LogP contribution in [0.5, 0.6) is 0 Å². The van der Waals surface area contributed by atoms with Gasteiger partial charge in [-0.3, -0.25) is 4.79 Å². The average Bonchev–Trinajstić information content (AvgIpc) is 2.33. The normalized spacial score (nSPS) is 11.6. The molecule has 2 rings (SSSR count). The lowest BCUT2D eigenvalue weighted by atomic mass is 10.0. The van der Waals surface area contributed by atoms with E-state index in [0.29, 0.717) is 16.8 Å². The van der Waals surface area contributed by atoms with Crippen molar-refractivity contribution in [1.29, 1.82) is 0 Å². The molecular formula is C13H11F3N2O. The fourth-order valence-electron chi connectivity index (χ4n) is 1.77. The lowest BCUT2D eigenvalue weighted by Gasteiger charge is -2.08. The molecule has 0 radical (unpaired) electrons. The number of benzene rings is 1. The third kappa shape index (κ3) is 3.21. The van der Waals surface area contributed by atoms with Crippen molar-refractivity contribution in [2.75, 3.05) is 0 Å². The summed E-state index contributed by atoms with van der Waals surface area (Å²) in [4.78, 5) is 11.5. The van der Waals surface area contributed by atoms with Gasteiger partial charge in [0.05, 0.1) is 11.3 Å². The van der Waals surface area contributed by atoms with E-state index in [1.807, 2.05) is 0 Å². The number of aromatic nitrogens is 2. The predicted octanol–water partition coefficient (Wildman–Crippen LogP) is 2.69. The Balaban J connectivity index is 2.34. The van der Waals surface area contributed by atoms with Gasteiger partial charge >= 0.3 is 6.18 Å². The summed E-state index contributed by atoms with van der Waals surface area (Å²) in [6.45, 7) is 1.70. The summed E-state index contributed by atoms with van der Waals surface area (Å²) in [5.41, 5.74) is 0.342. The van der Waals surface area contributed by atoms with Crippen LogP contribution in [0, 0.1) is 6.92 Å². The van der Waals surface area contributed by atoms with Crippen LogP contribution in [0.3, 0.4) is 0 Å². The number of H-pyrrole nitrogens is 1. The van der Waals surface area contributed by atoms with E-state index in [1.54, 1.807) is 19.1 Å². The van der Waals surface area contributed by atoms with Crippen LogP contribution in [0.15, 0.2) is 35.1 Å². The first kappa shape index (κ1) is 13.3. The number of aromatic amines is 1. The Morgan fingerprint density at radius 1 is 1.26 bits per heavy atom. The molecule has 0 saturated carbocycles. The summed E-state index contributed by atoms with van der Waals surface area (Å²) < 4.78 is 37.7. The van der Waals surface area contributed by atoms with E-state index < -0.39 is 11.7 Å². The summed E-state index contributed by atoms with van der Waals surface area (Å²) in [5, 5.41) is 6.03. The van der Waals surface area contributed by atoms with Gasteiger partial charge in [-0.25, -0.2) is 5.10 Å². The highest BCUT2D eigenvalue weighted by Gasteiger charge is 2.30. The Morgan fingerprint density at radius 2 is 2.00 bits per heavy atom. The molecule has 0 aliphatic carbocycles. The number of hydrogen-bond donors (Lipinski definition) is 1. The van der Waals surface area contributed by atoms with Gasteiger partial charge in [0.1, 0.15) is 0 Å². The minimum Gasteiger partial charge on any atom is -0.268 e. The van der Waals surface area contributed by atoms with E-state index in [4.69, 9.17) is 0 Å². The van der Waals surface area contributed by atoms with Gasteiger partial charge in [-0.1, -0.05) is 18.2 Å². The van der Waals surface area contributed by atoms with Crippen molar-refractivity contribution in [1.82, 2.24) is 10.2 Å². The molecule has 0 bridgehead atoms. The van der Waals surface area contributed by atoms with E-state index in [1.165, 1.54) is 6.07 Å². The van der Waals surface area contributed by atoms with Crippen molar-refractivity contribution in [2.45, 2.75) is 19.5 Å². The smallest absolute Gasteiger partial charge is 0.268 e. The molecule has 0 spiro atoms. The first-order valence-corrected chi connectivity index (χ1v) is 5.57. The van der Waals surface area contributed by atoms with Gasteiger partial charge in [0.25, 0.3) is 5.56 Å². The van der Waals surface area contributed by atoms with Gasteiger partial charge in [0.15, 0.2) is 0 Å². The Hall–Kier alpha value is -2.11. The van der Waals surface area contributed by atoms with E-state index in [2.05, 4.69) is 10.2 Å². The maximum absolute atomic E-state index is 12.6. The predicted molar refractivity (Wildman–Crippen MR) is 63.8 cm³/mol. The number of alkyl halides is 3. The molecule has 0 amide bonds. The van der Waals surface area contributed by atoms with Crippen molar-refractivity contribution >= 4 is 0 Å². The van der Waals surface area contributed by atoms with Crippen molar-refractivity contribution in [2.24, 2.45) is 0 Å². The summed E-state index contributed by atoms with van der Waals surface area (Å²) in [5.74, 6) is 0. The molecule has 0 atom stereocenters. The molecule has 1 N–H and O–H groups in total. The van der Waals surface area contributed by atoms with Gasteiger partial charge in [-0.05, 0) is 24.6 Å². The van der Waals surface area contributed by atoms with Crippen LogP contribution in [-0.2, 0) is 12.6 Å². The number of hydrogen-bond acceptors (Lipinski definition) is 2. The molecule has 0 unspecified atom stereocenters. The highest BCUT2D eigenvalue weighted by molar-refractivity contribution is 5.30. The molecule has 0 aliphatic heterocycles. The summed E-state index contributed by atoms with van der Waals surface area (Å²) >= 11 is 0. The van der Waals surface area contributed by atoms with Crippen molar-refractivity contribution < 1.29 is 13.2 Å². The molecule has 0 fully saturated rings. The monoisotopic (exact) mass is 268 g/mol. The van der Waals surface area contributed by atoms with E-state index in [9.17, 15) is 18.0 Å². The molecule has 1 heterocycles. The Kier molecular flexibility index (Phi) is 3.42. The highest BCUT2D eigenvalue weighted by Crippen LogP contribution is 2.29. The average molecular weight is 268 g/mol. The Labute approximate surface area is 107 Å². The van der Waals surface area contributed by atoms with Gasteiger partial charge in [-0.15, -0.1) is 0 Å². The van der Waals surface area contributed by atoms with Gasteiger partial charge in [-0.2, -0.15) is 18.3 Å². The minimum atomic E-state index is -4.38. The molecule has 3 nitrogen and oxygen atoms in total. The largest absolute Gasteiger partial charge is 0.416 e. The number of rotatable bonds is 2. The van der Waals surface area contributed by atoms with Crippen LogP contribution in [0.25, 0.3) is 0 Å². The molecule has 2 aromatic rings. The maximum atomic E-state index is 12.6. The quantitative estimate of drug-likeness (QED) is 0.910. The van der Waals surface area contributed by atoms with Gasteiger partial charge in [0, 0.05) is 12.0 Å². The van der Waals surface area contributed by atoms with Crippen molar-refractivity contribution in [3.8, 4) is 0 Å². The molecule has 0 aliphatic rings. The number of nitrogens with one attached hydrogen (secondary N) is 1. The van der Waals surface area contributed by atoms with Crippen LogP contribution in [0.2, 0.25) is 0 Å². The maximum Gasteiger partial charge on any atom is 0.416 e. The molecular weight excluding hydrogens is 257 g/mol. The second-order valence-electron chi connectivity index (χ2n) is 4.24. The number of halogens is 3. The molecule has 1 aromatic carbocycles. The van der Waals surface area contributed by atoms with Crippen LogP contribution in [0.4, 0.5) is 13.2 Å². The molecule has 6 heteroatoms. The fraction of sp³-hybridized carbons (Fsp3) is 0.231. The molecule has 100 valence electrons. The first-order chi connectivity index (χ1) is 8.86. The van der Waals surface area contributed by atoms with E-state index in [-0.39, 0.29) is 12.0 Å². The minimum absolute atomic E-state index is 0.141. The third-order valence-corrected chi connectivity index (χ3v) is 2.66. The first-order valence-electron chi connectivity index (χ1n) is 5.57. The molecule has 1 aromatic heterocycles. The van der Waals surface area contributed by atoms with Crippen LogP contribution < -0.4 is 5.56 Å². The number of nitrogens with zero attached hydrogens (tertiary/aromatic N) is 1. The Bertz CT molecular complexity index is 647. The second-order valence-corrected chi connectivity index (χ2v) is 4.24. The lowest BCUT2D eigenvalue weighted by Crippen LogP contribution is -2.15. The SMILES string of the molecule is Cc1cc(Cc2cccc(C(F)(F)F)c2)c(=O)[nH]n1.